The number of aromatic nitrogens is 1. The Hall–Kier alpha value is -2.36. The van der Waals surface area contributed by atoms with Gasteiger partial charge in [-0.05, 0) is 29.8 Å². The summed E-state index contributed by atoms with van der Waals surface area (Å²) in [7, 11) is 3.10. The molecule has 0 N–H and O–H groups in total. The molecule has 1 heterocycles. The Bertz CT molecular complexity index is 552. The summed E-state index contributed by atoms with van der Waals surface area (Å²) >= 11 is 0. The van der Waals surface area contributed by atoms with Gasteiger partial charge in [-0.15, -0.1) is 0 Å². The van der Waals surface area contributed by atoms with Crippen molar-refractivity contribution in [3.8, 4) is 22.6 Å². The van der Waals surface area contributed by atoms with Gasteiger partial charge >= 0.3 is 0 Å². The second-order valence-corrected chi connectivity index (χ2v) is 3.65. The molecule has 0 aliphatic heterocycles. The number of nitrogens with zero attached hydrogens (tertiary/aromatic N) is 1. The van der Waals surface area contributed by atoms with E-state index in [1.54, 1.807) is 31.6 Å². The van der Waals surface area contributed by atoms with Gasteiger partial charge in [0.2, 0.25) is 0 Å². The maximum atomic E-state index is 11.0. The first kappa shape index (κ1) is 12.1. The van der Waals surface area contributed by atoms with Gasteiger partial charge in [0.25, 0.3) is 0 Å². The van der Waals surface area contributed by atoms with Crippen molar-refractivity contribution in [3.63, 3.8) is 0 Å². The summed E-state index contributed by atoms with van der Waals surface area (Å²) in [5.74, 6) is 1.15. The molecule has 0 fully saturated rings. The number of carbonyl (C=O) groups is 1. The highest BCUT2D eigenvalue weighted by Crippen LogP contribution is 2.35. The van der Waals surface area contributed by atoms with Crippen LogP contribution in [0.1, 0.15) is 10.4 Å². The van der Waals surface area contributed by atoms with Gasteiger partial charge in [0, 0.05) is 18.0 Å². The van der Waals surface area contributed by atoms with Crippen LogP contribution in [0.3, 0.4) is 0 Å². The predicted molar refractivity (Wildman–Crippen MR) is 68.2 cm³/mol. The molecule has 4 heteroatoms. The third kappa shape index (κ3) is 2.18. The minimum atomic E-state index is 0.465. The Morgan fingerprint density at radius 1 is 1.06 bits per heavy atom. The number of pyridine rings is 1. The average Bonchev–Trinajstić information content (AvgIpc) is 2.46. The van der Waals surface area contributed by atoms with Gasteiger partial charge in [-0.25, -0.2) is 0 Å². The van der Waals surface area contributed by atoms with E-state index in [2.05, 4.69) is 4.98 Å². The van der Waals surface area contributed by atoms with Crippen LogP contribution in [-0.2, 0) is 0 Å². The molecule has 0 aliphatic carbocycles. The summed E-state index contributed by atoms with van der Waals surface area (Å²) in [4.78, 5) is 14.9. The van der Waals surface area contributed by atoms with Crippen LogP contribution >= 0.6 is 0 Å². The molecule has 2 aromatic rings. The minimum absolute atomic E-state index is 0.465. The second kappa shape index (κ2) is 5.31. The van der Waals surface area contributed by atoms with E-state index in [1.165, 1.54) is 7.11 Å². The van der Waals surface area contributed by atoms with Crippen LogP contribution < -0.4 is 9.47 Å². The molecule has 1 aromatic heterocycles. The molecule has 2 rings (SSSR count). The van der Waals surface area contributed by atoms with E-state index >= 15 is 0 Å². The predicted octanol–water partition coefficient (Wildman–Crippen LogP) is 2.58. The Balaban J connectivity index is 2.63. The second-order valence-electron chi connectivity index (χ2n) is 3.65. The summed E-state index contributed by atoms with van der Waals surface area (Å²) in [6.07, 6.45) is 4.15. The molecule has 18 heavy (non-hydrogen) atoms. The van der Waals surface area contributed by atoms with Gasteiger partial charge in [-0.3, -0.25) is 9.78 Å². The van der Waals surface area contributed by atoms with Crippen molar-refractivity contribution < 1.29 is 14.3 Å². The van der Waals surface area contributed by atoms with Gasteiger partial charge in [0.15, 0.2) is 6.29 Å². The van der Waals surface area contributed by atoms with E-state index in [-0.39, 0.29) is 0 Å². The monoisotopic (exact) mass is 243 g/mol. The van der Waals surface area contributed by atoms with E-state index in [0.717, 1.165) is 17.4 Å². The molecule has 0 aliphatic rings. The molecule has 0 saturated heterocycles. The third-order valence-corrected chi connectivity index (χ3v) is 2.67. The first-order valence-electron chi connectivity index (χ1n) is 5.41. The molecular formula is C14H13NO3. The minimum Gasteiger partial charge on any atom is -0.496 e. The van der Waals surface area contributed by atoms with Gasteiger partial charge in [0.1, 0.15) is 11.5 Å². The molecule has 0 amide bonds. The molecule has 0 saturated carbocycles. The van der Waals surface area contributed by atoms with E-state index in [0.29, 0.717) is 17.1 Å². The fraction of sp³-hybridized carbons (Fsp3) is 0.143. The molecular weight excluding hydrogens is 230 g/mol. The van der Waals surface area contributed by atoms with Crippen molar-refractivity contribution in [1.29, 1.82) is 0 Å². The number of methoxy groups -OCH3 is 2. The molecule has 0 atom stereocenters. The summed E-state index contributed by atoms with van der Waals surface area (Å²) in [6, 6.07) is 7.20. The van der Waals surface area contributed by atoms with E-state index in [4.69, 9.17) is 9.47 Å². The van der Waals surface area contributed by atoms with Crippen LogP contribution in [0.4, 0.5) is 0 Å². The zero-order chi connectivity index (χ0) is 13.0. The largest absolute Gasteiger partial charge is 0.496 e. The zero-order valence-corrected chi connectivity index (χ0v) is 10.2. The Kier molecular flexibility index (Phi) is 3.57. The Labute approximate surface area is 105 Å². The van der Waals surface area contributed by atoms with Crippen molar-refractivity contribution in [2.45, 2.75) is 0 Å². The number of carbonyl (C=O) groups excluding carboxylic acids is 1. The molecule has 0 spiro atoms. The highest BCUT2D eigenvalue weighted by molar-refractivity contribution is 5.84. The fourth-order valence-electron chi connectivity index (χ4n) is 1.77. The molecule has 92 valence electrons. The standard InChI is InChI=1S/C14H13NO3/c1-17-13-8-12(10-3-5-15-6-4-10)14(18-2)7-11(13)9-16/h3-9H,1-2H3. The first-order valence-corrected chi connectivity index (χ1v) is 5.41. The van der Waals surface area contributed by atoms with Crippen LogP contribution in [0.25, 0.3) is 11.1 Å². The van der Waals surface area contributed by atoms with Crippen molar-refractivity contribution >= 4 is 6.29 Å². The van der Waals surface area contributed by atoms with Crippen LogP contribution in [0, 0.1) is 0 Å². The number of ether oxygens (including phenoxy) is 2. The quantitative estimate of drug-likeness (QED) is 0.774. The van der Waals surface area contributed by atoms with Crippen LogP contribution in [-0.4, -0.2) is 25.5 Å². The Morgan fingerprint density at radius 2 is 1.72 bits per heavy atom. The maximum Gasteiger partial charge on any atom is 0.153 e. The SMILES string of the molecule is COc1cc(-c2ccncc2)c(OC)cc1C=O. The summed E-state index contributed by atoms with van der Waals surface area (Å²) in [5, 5.41) is 0. The molecule has 0 unspecified atom stereocenters. The van der Waals surface area contributed by atoms with Gasteiger partial charge in [-0.1, -0.05) is 0 Å². The molecule has 0 radical (unpaired) electrons. The normalized spacial score (nSPS) is 9.89. The highest BCUT2D eigenvalue weighted by Gasteiger charge is 2.12. The van der Waals surface area contributed by atoms with Crippen molar-refractivity contribution in [2.75, 3.05) is 14.2 Å². The zero-order valence-electron chi connectivity index (χ0n) is 10.2. The number of hydrogen-bond acceptors (Lipinski definition) is 4. The van der Waals surface area contributed by atoms with Crippen molar-refractivity contribution in [1.82, 2.24) is 4.98 Å². The first-order chi connectivity index (χ1) is 8.80. The van der Waals surface area contributed by atoms with Crippen molar-refractivity contribution in [3.05, 3.63) is 42.2 Å². The van der Waals surface area contributed by atoms with E-state index in [9.17, 15) is 4.79 Å². The van der Waals surface area contributed by atoms with Crippen molar-refractivity contribution in [2.24, 2.45) is 0 Å². The van der Waals surface area contributed by atoms with Gasteiger partial charge < -0.3 is 9.47 Å². The lowest BCUT2D eigenvalue weighted by Gasteiger charge is -2.12. The smallest absolute Gasteiger partial charge is 0.153 e. The van der Waals surface area contributed by atoms with E-state index in [1.807, 2.05) is 12.1 Å². The molecule has 0 bridgehead atoms. The Morgan fingerprint density at radius 3 is 2.28 bits per heavy atom. The van der Waals surface area contributed by atoms with Crippen LogP contribution in [0.5, 0.6) is 11.5 Å². The lowest BCUT2D eigenvalue weighted by Crippen LogP contribution is -1.95. The lowest BCUT2D eigenvalue weighted by molar-refractivity contribution is 0.112. The average molecular weight is 243 g/mol. The number of aldehydes is 1. The number of rotatable bonds is 4. The van der Waals surface area contributed by atoms with Crippen LogP contribution in [0.2, 0.25) is 0 Å². The fourth-order valence-corrected chi connectivity index (χ4v) is 1.77. The van der Waals surface area contributed by atoms with E-state index < -0.39 is 0 Å². The van der Waals surface area contributed by atoms with Crippen LogP contribution in [0.15, 0.2) is 36.7 Å². The number of benzene rings is 1. The molecule has 1 aromatic carbocycles. The maximum absolute atomic E-state index is 11.0. The molecule has 4 nitrogen and oxygen atoms in total. The summed E-state index contributed by atoms with van der Waals surface area (Å²) in [5.41, 5.74) is 2.28. The van der Waals surface area contributed by atoms with Gasteiger partial charge in [0.05, 0.1) is 19.8 Å². The number of hydrogen-bond donors (Lipinski definition) is 0. The topological polar surface area (TPSA) is 48.4 Å². The summed E-state index contributed by atoms with van der Waals surface area (Å²) in [6.45, 7) is 0. The van der Waals surface area contributed by atoms with Gasteiger partial charge in [-0.2, -0.15) is 0 Å². The lowest BCUT2D eigenvalue weighted by atomic mass is 10.0. The summed E-state index contributed by atoms with van der Waals surface area (Å²) < 4.78 is 10.5. The highest BCUT2D eigenvalue weighted by atomic mass is 16.5. The third-order valence-electron chi connectivity index (χ3n) is 2.67.